The van der Waals surface area contributed by atoms with Gasteiger partial charge in [0.2, 0.25) is 5.88 Å². The summed E-state index contributed by atoms with van der Waals surface area (Å²) in [4.78, 5) is 19.5. The Morgan fingerprint density at radius 1 is 1.33 bits per heavy atom. The van der Waals surface area contributed by atoms with Crippen LogP contribution in [-0.4, -0.2) is 27.7 Å². The molecular weight excluding hydrogens is 268 g/mol. The molecule has 1 aliphatic carbocycles. The number of aryl methyl sites for hydroxylation is 1. The molecule has 5 nitrogen and oxygen atoms in total. The number of rotatable bonds is 5. The van der Waals surface area contributed by atoms with Crippen molar-refractivity contribution >= 4 is 5.97 Å². The highest BCUT2D eigenvalue weighted by Gasteiger charge is 2.23. The summed E-state index contributed by atoms with van der Waals surface area (Å²) in [5, 5.41) is 8.94. The third-order valence-corrected chi connectivity index (χ3v) is 3.47. The molecule has 1 saturated carbocycles. The van der Waals surface area contributed by atoms with E-state index in [1.54, 1.807) is 30.5 Å². The van der Waals surface area contributed by atoms with E-state index in [1.165, 1.54) is 12.8 Å². The molecular formula is C16H16N2O3. The normalized spacial score (nSPS) is 14.0. The summed E-state index contributed by atoms with van der Waals surface area (Å²) in [7, 11) is 0. The largest absolute Gasteiger partial charge is 0.478 e. The van der Waals surface area contributed by atoms with Crippen molar-refractivity contribution in [1.29, 1.82) is 0 Å². The minimum absolute atomic E-state index is 0.257. The third kappa shape index (κ3) is 3.18. The van der Waals surface area contributed by atoms with Crippen LogP contribution in [0.4, 0.5) is 0 Å². The summed E-state index contributed by atoms with van der Waals surface area (Å²) in [6.45, 7) is 2.50. The number of hydrogen-bond donors (Lipinski definition) is 1. The molecule has 0 saturated heterocycles. The third-order valence-electron chi connectivity index (χ3n) is 3.47. The first kappa shape index (κ1) is 13.5. The summed E-state index contributed by atoms with van der Waals surface area (Å²) in [5.74, 6) is 0.929. The second-order valence-electron chi connectivity index (χ2n) is 5.27. The lowest BCUT2D eigenvalue weighted by atomic mass is 10.1. The van der Waals surface area contributed by atoms with E-state index in [0.29, 0.717) is 24.2 Å². The fourth-order valence-electron chi connectivity index (χ4n) is 2.03. The maximum absolute atomic E-state index is 10.9. The van der Waals surface area contributed by atoms with Crippen LogP contribution in [-0.2, 0) is 0 Å². The fraction of sp³-hybridized carbons (Fsp3) is 0.312. The first-order valence-electron chi connectivity index (χ1n) is 6.93. The lowest BCUT2D eigenvalue weighted by molar-refractivity contribution is 0.0697. The molecule has 2 aromatic rings. The van der Waals surface area contributed by atoms with Crippen LogP contribution < -0.4 is 4.74 Å². The quantitative estimate of drug-likeness (QED) is 0.914. The molecule has 108 valence electrons. The molecule has 1 aliphatic rings. The van der Waals surface area contributed by atoms with Crippen LogP contribution in [0.1, 0.15) is 29.0 Å². The van der Waals surface area contributed by atoms with Gasteiger partial charge in [-0.05, 0) is 43.4 Å². The van der Waals surface area contributed by atoms with E-state index < -0.39 is 5.97 Å². The molecule has 1 aromatic heterocycles. The SMILES string of the molecule is Cc1ncc(-c2ccc(C(=O)O)cc2)c(OCC2CC2)n1. The zero-order valence-electron chi connectivity index (χ0n) is 11.7. The molecule has 0 bridgehead atoms. The van der Waals surface area contributed by atoms with Crippen LogP contribution in [0.2, 0.25) is 0 Å². The molecule has 0 atom stereocenters. The first-order chi connectivity index (χ1) is 10.1. The minimum Gasteiger partial charge on any atom is -0.478 e. The summed E-state index contributed by atoms with van der Waals surface area (Å²) >= 11 is 0. The fourth-order valence-corrected chi connectivity index (χ4v) is 2.03. The Morgan fingerprint density at radius 2 is 2.05 bits per heavy atom. The number of nitrogens with zero attached hydrogens (tertiary/aromatic N) is 2. The maximum atomic E-state index is 10.9. The number of carboxylic acid groups (broad SMARTS) is 1. The topological polar surface area (TPSA) is 72.3 Å². The van der Waals surface area contributed by atoms with E-state index in [4.69, 9.17) is 9.84 Å². The van der Waals surface area contributed by atoms with Crippen LogP contribution in [0.15, 0.2) is 30.5 Å². The molecule has 1 fully saturated rings. The van der Waals surface area contributed by atoms with Crippen molar-refractivity contribution in [2.75, 3.05) is 6.61 Å². The summed E-state index contributed by atoms with van der Waals surface area (Å²) in [6, 6.07) is 6.65. The molecule has 3 rings (SSSR count). The van der Waals surface area contributed by atoms with Crippen molar-refractivity contribution in [3.63, 3.8) is 0 Å². The molecule has 1 heterocycles. The molecule has 1 aromatic carbocycles. The van der Waals surface area contributed by atoms with Crippen LogP contribution in [0.25, 0.3) is 11.1 Å². The van der Waals surface area contributed by atoms with Crippen molar-refractivity contribution in [2.45, 2.75) is 19.8 Å². The number of ether oxygens (including phenoxy) is 1. The van der Waals surface area contributed by atoms with E-state index >= 15 is 0 Å². The van der Waals surface area contributed by atoms with E-state index in [2.05, 4.69) is 9.97 Å². The number of aromatic carboxylic acids is 1. The van der Waals surface area contributed by atoms with Gasteiger partial charge in [-0.3, -0.25) is 0 Å². The van der Waals surface area contributed by atoms with Crippen molar-refractivity contribution < 1.29 is 14.6 Å². The monoisotopic (exact) mass is 284 g/mol. The summed E-state index contributed by atoms with van der Waals surface area (Å²) in [6.07, 6.45) is 4.15. The number of hydrogen-bond acceptors (Lipinski definition) is 4. The highest BCUT2D eigenvalue weighted by Crippen LogP contribution is 2.32. The van der Waals surface area contributed by atoms with Gasteiger partial charge in [0, 0.05) is 6.20 Å². The Kier molecular flexibility index (Phi) is 3.56. The molecule has 0 spiro atoms. The van der Waals surface area contributed by atoms with Gasteiger partial charge in [-0.25, -0.2) is 9.78 Å². The average molecular weight is 284 g/mol. The van der Waals surface area contributed by atoms with Gasteiger partial charge in [0.15, 0.2) is 0 Å². The molecule has 0 amide bonds. The number of carboxylic acids is 1. The predicted molar refractivity (Wildman–Crippen MR) is 77.4 cm³/mol. The van der Waals surface area contributed by atoms with E-state index in [1.807, 2.05) is 6.92 Å². The van der Waals surface area contributed by atoms with Crippen LogP contribution in [0, 0.1) is 12.8 Å². The Hall–Kier alpha value is -2.43. The average Bonchev–Trinajstić information content (AvgIpc) is 3.29. The van der Waals surface area contributed by atoms with Crippen LogP contribution in [0.3, 0.4) is 0 Å². The van der Waals surface area contributed by atoms with E-state index in [0.717, 1.165) is 11.1 Å². The zero-order valence-corrected chi connectivity index (χ0v) is 11.7. The van der Waals surface area contributed by atoms with E-state index in [-0.39, 0.29) is 5.56 Å². The molecule has 0 radical (unpaired) electrons. The highest BCUT2D eigenvalue weighted by molar-refractivity contribution is 5.88. The second kappa shape index (κ2) is 5.52. The second-order valence-corrected chi connectivity index (χ2v) is 5.27. The zero-order chi connectivity index (χ0) is 14.8. The minimum atomic E-state index is -0.938. The Balaban J connectivity index is 1.90. The molecule has 5 heteroatoms. The molecule has 0 aliphatic heterocycles. The standard InChI is InChI=1S/C16H16N2O3/c1-10-17-8-14(15(18-10)21-9-11-2-3-11)12-4-6-13(7-5-12)16(19)20/h4-8,11H,2-3,9H2,1H3,(H,19,20). The van der Waals surface area contributed by atoms with Gasteiger partial charge in [-0.2, -0.15) is 4.98 Å². The van der Waals surface area contributed by atoms with Gasteiger partial charge >= 0.3 is 5.97 Å². The Morgan fingerprint density at radius 3 is 2.67 bits per heavy atom. The maximum Gasteiger partial charge on any atom is 0.335 e. The van der Waals surface area contributed by atoms with Gasteiger partial charge in [0.25, 0.3) is 0 Å². The van der Waals surface area contributed by atoms with Gasteiger partial charge in [0.05, 0.1) is 17.7 Å². The molecule has 21 heavy (non-hydrogen) atoms. The van der Waals surface area contributed by atoms with Crippen molar-refractivity contribution in [1.82, 2.24) is 9.97 Å². The number of carbonyl (C=O) groups is 1. The molecule has 0 unspecified atom stereocenters. The number of aromatic nitrogens is 2. The summed E-state index contributed by atoms with van der Waals surface area (Å²) in [5.41, 5.74) is 1.90. The first-order valence-corrected chi connectivity index (χ1v) is 6.93. The summed E-state index contributed by atoms with van der Waals surface area (Å²) < 4.78 is 5.81. The Labute approximate surface area is 122 Å². The Bertz CT molecular complexity index is 664. The lowest BCUT2D eigenvalue weighted by Crippen LogP contribution is -2.04. The van der Waals surface area contributed by atoms with Gasteiger partial charge in [-0.15, -0.1) is 0 Å². The van der Waals surface area contributed by atoms with Gasteiger partial charge < -0.3 is 9.84 Å². The molecule has 1 N–H and O–H groups in total. The smallest absolute Gasteiger partial charge is 0.335 e. The van der Waals surface area contributed by atoms with Crippen LogP contribution >= 0.6 is 0 Å². The van der Waals surface area contributed by atoms with Crippen molar-refractivity contribution in [3.8, 4) is 17.0 Å². The van der Waals surface area contributed by atoms with Crippen molar-refractivity contribution in [2.24, 2.45) is 5.92 Å². The lowest BCUT2D eigenvalue weighted by Gasteiger charge is -2.10. The highest BCUT2D eigenvalue weighted by atomic mass is 16.5. The van der Waals surface area contributed by atoms with Crippen molar-refractivity contribution in [3.05, 3.63) is 41.9 Å². The van der Waals surface area contributed by atoms with Crippen LogP contribution in [0.5, 0.6) is 5.88 Å². The van der Waals surface area contributed by atoms with E-state index in [9.17, 15) is 4.79 Å². The van der Waals surface area contributed by atoms with Gasteiger partial charge in [0.1, 0.15) is 5.82 Å². The predicted octanol–water partition coefficient (Wildman–Crippen LogP) is 2.94. The number of benzene rings is 1. The van der Waals surface area contributed by atoms with Gasteiger partial charge in [-0.1, -0.05) is 12.1 Å².